The van der Waals surface area contributed by atoms with Gasteiger partial charge in [-0.25, -0.2) is 0 Å². The van der Waals surface area contributed by atoms with Crippen LogP contribution in [0.25, 0.3) is 0 Å². The van der Waals surface area contributed by atoms with Crippen molar-refractivity contribution in [3.63, 3.8) is 0 Å². The van der Waals surface area contributed by atoms with Crippen LogP contribution in [0.1, 0.15) is 50.2 Å². The third-order valence-electron chi connectivity index (χ3n) is 4.72. The second-order valence-electron chi connectivity index (χ2n) is 6.62. The number of hydrogen-bond acceptors (Lipinski definition) is 2. The van der Waals surface area contributed by atoms with Crippen LogP contribution in [0.2, 0.25) is 0 Å². The molecule has 0 atom stereocenters. The lowest BCUT2D eigenvalue weighted by molar-refractivity contribution is 0.240. The van der Waals surface area contributed by atoms with E-state index in [1.807, 2.05) is 0 Å². The minimum atomic E-state index is 1.10. The van der Waals surface area contributed by atoms with Crippen molar-refractivity contribution in [3.05, 3.63) is 41.8 Å². The van der Waals surface area contributed by atoms with E-state index in [1.54, 1.807) is 0 Å². The average molecular weight is 301 g/mol. The molecule has 2 nitrogen and oxygen atoms in total. The Morgan fingerprint density at radius 2 is 1.73 bits per heavy atom. The second kappa shape index (κ2) is 10.0. The monoisotopic (exact) mass is 301 g/mol. The third-order valence-corrected chi connectivity index (χ3v) is 4.72. The molecule has 1 aliphatic heterocycles. The molecule has 0 spiro atoms. The molecule has 0 N–H and O–H groups in total. The first-order chi connectivity index (χ1) is 10.8. The summed E-state index contributed by atoms with van der Waals surface area (Å²) in [6.07, 6.45) is 9.08. The first-order valence-electron chi connectivity index (χ1n) is 9.10. The van der Waals surface area contributed by atoms with E-state index in [4.69, 9.17) is 0 Å². The summed E-state index contributed by atoms with van der Waals surface area (Å²) in [5.41, 5.74) is 2.79. The van der Waals surface area contributed by atoms with Gasteiger partial charge in [-0.1, -0.05) is 43.2 Å². The summed E-state index contributed by atoms with van der Waals surface area (Å²) in [4.78, 5) is 5.20. The van der Waals surface area contributed by atoms with Crippen LogP contribution in [0.15, 0.2) is 24.3 Å². The highest BCUT2D eigenvalue weighted by atomic mass is 15.1. The maximum Gasteiger partial charge on any atom is 0.0233 e. The highest BCUT2D eigenvalue weighted by Gasteiger charge is 2.09. The van der Waals surface area contributed by atoms with E-state index in [1.165, 1.54) is 69.4 Å². The van der Waals surface area contributed by atoms with Crippen molar-refractivity contribution >= 4 is 0 Å². The van der Waals surface area contributed by atoms with Gasteiger partial charge in [0.15, 0.2) is 0 Å². The zero-order valence-corrected chi connectivity index (χ0v) is 14.6. The standard InChI is InChI=1S/C20H33N2/c1-3-21(18-20-12-10-19(2)11-13-20)14-6-4-7-15-22-16-8-5-9-17-22/h5,10-13H,3-4,6-9,14-18H2,1-2H3. The van der Waals surface area contributed by atoms with E-state index in [-0.39, 0.29) is 0 Å². The molecule has 1 fully saturated rings. The molecule has 1 heterocycles. The van der Waals surface area contributed by atoms with E-state index >= 15 is 0 Å². The second-order valence-corrected chi connectivity index (χ2v) is 6.62. The van der Waals surface area contributed by atoms with Crippen LogP contribution in [0.5, 0.6) is 0 Å². The predicted octanol–water partition coefficient (Wildman–Crippen LogP) is 4.29. The fourth-order valence-corrected chi connectivity index (χ4v) is 3.18. The van der Waals surface area contributed by atoms with Gasteiger partial charge in [-0.3, -0.25) is 4.90 Å². The fourth-order valence-electron chi connectivity index (χ4n) is 3.18. The Bertz CT molecular complexity index is 393. The van der Waals surface area contributed by atoms with Gasteiger partial charge in [0.05, 0.1) is 0 Å². The van der Waals surface area contributed by atoms with Gasteiger partial charge in [-0.05, 0) is 77.3 Å². The van der Waals surface area contributed by atoms with E-state index < -0.39 is 0 Å². The summed E-state index contributed by atoms with van der Waals surface area (Å²) in [6.45, 7) is 11.8. The van der Waals surface area contributed by atoms with Crippen LogP contribution in [-0.2, 0) is 6.54 Å². The Kier molecular flexibility index (Phi) is 7.96. The predicted molar refractivity (Wildman–Crippen MR) is 96.0 cm³/mol. The number of nitrogens with zero attached hydrogens (tertiary/aromatic N) is 2. The molecule has 1 radical (unpaired) electrons. The lowest BCUT2D eigenvalue weighted by atomic mass is 10.1. The van der Waals surface area contributed by atoms with Crippen molar-refractivity contribution < 1.29 is 0 Å². The van der Waals surface area contributed by atoms with E-state index in [2.05, 4.69) is 54.3 Å². The zero-order chi connectivity index (χ0) is 15.6. The Morgan fingerprint density at radius 3 is 2.41 bits per heavy atom. The van der Waals surface area contributed by atoms with E-state index in [0.717, 1.165) is 13.1 Å². The summed E-state index contributed by atoms with van der Waals surface area (Å²) in [5.74, 6) is 0. The number of piperidine rings is 1. The van der Waals surface area contributed by atoms with Crippen LogP contribution in [-0.4, -0.2) is 42.5 Å². The summed E-state index contributed by atoms with van der Waals surface area (Å²) >= 11 is 0. The summed E-state index contributed by atoms with van der Waals surface area (Å²) in [6, 6.07) is 8.98. The topological polar surface area (TPSA) is 6.48 Å². The molecular weight excluding hydrogens is 268 g/mol. The number of hydrogen-bond donors (Lipinski definition) is 0. The van der Waals surface area contributed by atoms with Gasteiger partial charge in [0.25, 0.3) is 0 Å². The first-order valence-corrected chi connectivity index (χ1v) is 9.10. The highest BCUT2D eigenvalue weighted by molar-refractivity contribution is 5.21. The van der Waals surface area contributed by atoms with Crippen molar-refractivity contribution in [2.24, 2.45) is 0 Å². The minimum absolute atomic E-state index is 1.10. The summed E-state index contributed by atoms with van der Waals surface area (Å²) < 4.78 is 0. The number of aryl methyl sites for hydroxylation is 1. The van der Waals surface area contributed by atoms with Gasteiger partial charge >= 0.3 is 0 Å². The number of benzene rings is 1. The Balaban J connectivity index is 1.58. The fraction of sp³-hybridized carbons (Fsp3) is 0.650. The summed E-state index contributed by atoms with van der Waals surface area (Å²) in [7, 11) is 0. The molecule has 0 amide bonds. The minimum Gasteiger partial charge on any atom is -0.303 e. The Hall–Kier alpha value is -0.860. The molecular formula is C20H33N2. The largest absolute Gasteiger partial charge is 0.303 e. The lowest BCUT2D eigenvalue weighted by Gasteiger charge is -2.26. The van der Waals surface area contributed by atoms with Crippen molar-refractivity contribution in [3.8, 4) is 0 Å². The van der Waals surface area contributed by atoms with Gasteiger partial charge in [0, 0.05) is 6.54 Å². The average Bonchev–Trinajstić information content (AvgIpc) is 2.56. The van der Waals surface area contributed by atoms with Crippen molar-refractivity contribution in [2.75, 3.05) is 32.7 Å². The molecule has 0 bridgehead atoms. The molecule has 2 heteroatoms. The van der Waals surface area contributed by atoms with Crippen LogP contribution < -0.4 is 0 Å². The SMILES string of the molecule is CCN(CCCCCN1CC[CH]CC1)Cc1ccc(C)cc1. The van der Waals surface area contributed by atoms with Gasteiger partial charge in [-0.15, -0.1) is 0 Å². The van der Waals surface area contributed by atoms with Gasteiger partial charge in [0.2, 0.25) is 0 Å². The maximum atomic E-state index is 2.63. The van der Waals surface area contributed by atoms with Crippen molar-refractivity contribution in [1.82, 2.24) is 9.80 Å². The smallest absolute Gasteiger partial charge is 0.0233 e. The molecule has 1 aromatic rings. The molecule has 1 aliphatic rings. The Morgan fingerprint density at radius 1 is 1.00 bits per heavy atom. The van der Waals surface area contributed by atoms with Crippen LogP contribution in [0, 0.1) is 13.3 Å². The van der Waals surface area contributed by atoms with Crippen LogP contribution in [0.4, 0.5) is 0 Å². The molecule has 1 aromatic carbocycles. The van der Waals surface area contributed by atoms with Crippen LogP contribution in [0.3, 0.4) is 0 Å². The van der Waals surface area contributed by atoms with E-state index in [9.17, 15) is 0 Å². The number of unbranched alkanes of at least 4 members (excludes halogenated alkanes) is 2. The third kappa shape index (κ3) is 6.50. The molecule has 0 aromatic heterocycles. The first kappa shape index (κ1) is 17.5. The quantitative estimate of drug-likeness (QED) is 0.628. The highest BCUT2D eigenvalue weighted by Crippen LogP contribution is 2.11. The molecule has 0 saturated carbocycles. The normalized spacial score (nSPS) is 16.3. The molecule has 0 aliphatic carbocycles. The van der Waals surface area contributed by atoms with Crippen LogP contribution >= 0.6 is 0 Å². The van der Waals surface area contributed by atoms with Gasteiger partial charge in [-0.2, -0.15) is 0 Å². The lowest BCUT2D eigenvalue weighted by Crippen LogP contribution is -2.31. The number of rotatable bonds is 9. The van der Waals surface area contributed by atoms with Crippen molar-refractivity contribution in [2.45, 2.75) is 52.5 Å². The maximum absolute atomic E-state index is 2.63. The number of likely N-dealkylation sites (tertiary alicyclic amines) is 1. The zero-order valence-electron chi connectivity index (χ0n) is 14.6. The molecule has 22 heavy (non-hydrogen) atoms. The van der Waals surface area contributed by atoms with Crippen molar-refractivity contribution in [1.29, 1.82) is 0 Å². The molecule has 123 valence electrons. The molecule has 2 rings (SSSR count). The Labute approximate surface area is 137 Å². The molecule has 1 saturated heterocycles. The van der Waals surface area contributed by atoms with Gasteiger partial charge < -0.3 is 4.90 Å². The van der Waals surface area contributed by atoms with Gasteiger partial charge in [0.1, 0.15) is 0 Å². The molecule has 0 unspecified atom stereocenters. The van der Waals surface area contributed by atoms with E-state index in [0.29, 0.717) is 0 Å². The summed E-state index contributed by atoms with van der Waals surface area (Å²) in [5, 5.41) is 0.